The third-order valence-corrected chi connectivity index (χ3v) is 5.92. The second kappa shape index (κ2) is 8.86. The zero-order chi connectivity index (χ0) is 22.8. The Morgan fingerprint density at radius 2 is 1.67 bits per heavy atom. The van der Waals surface area contributed by atoms with E-state index in [0.29, 0.717) is 37.8 Å². The van der Waals surface area contributed by atoms with Gasteiger partial charge in [-0.1, -0.05) is 42.0 Å². The highest BCUT2D eigenvalue weighted by molar-refractivity contribution is 6.05. The molecule has 4 aromatic rings. The van der Waals surface area contributed by atoms with Crippen LogP contribution in [0, 0.1) is 13.8 Å². The third-order valence-electron chi connectivity index (χ3n) is 5.92. The van der Waals surface area contributed by atoms with Crippen LogP contribution in [0.3, 0.4) is 0 Å². The molecule has 0 aliphatic carbocycles. The lowest BCUT2D eigenvalue weighted by Crippen LogP contribution is -2.49. The lowest BCUT2D eigenvalue weighted by atomic mass is 10.1. The molecule has 5 rings (SSSR count). The van der Waals surface area contributed by atoms with E-state index in [4.69, 9.17) is 4.98 Å². The normalized spacial score (nSPS) is 13.9. The van der Waals surface area contributed by atoms with Gasteiger partial charge in [-0.05, 0) is 37.4 Å². The van der Waals surface area contributed by atoms with Crippen molar-refractivity contribution in [2.45, 2.75) is 13.8 Å². The van der Waals surface area contributed by atoms with Gasteiger partial charge in [-0.2, -0.15) is 4.98 Å². The molecule has 7 nitrogen and oxygen atoms in total. The quantitative estimate of drug-likeness (QED) is 0.511. The molecule has 1 aliphatic heterocycles. The zero-order valence-corrected chi connectivity index (χ0v) is 18.8. The van der Waals surface area contributed by atoms with Crippen molar-refractivity contribution in [1.82, 2.24) is 19.9 Å². The molecule has 33 heavy (non-hydrogen) atoms. The Bertz CT molecular complexity index is 1290. The smallest absolute Gasteiger partial charge is 0.273 e. The number of fused-ring (bicyclic) bond motifs is 1. The van der Waals surface area contributed by atoms with Gasteiger partial charge in [-0.15, -0.1) is 0 Å². The lowest BCUT2D eigenvalue weighted by Gasteiger charge is -2.35. The fourth-order valence-electron chi connectivity index (χ4n) is 4.11. The summed E-state index contributed by atoms with van der Waals surface area (Å²) in [5, 5.41) is 5.22. The minimum Gasteiger partial charge on any atom is -0.353 e. The Morgan fingerprint density at radius 3 is 2.45 bits per heavy atom. The Labute approximate surface area is 193 Å². The number of anilines is 3. The fourth-order valence-corrected chi connectivity index (χ4v) is 4.11. The first-order valence-corrected chi connectivity index (χ1v) is 11.1. The van der Waals surface area contributed by atoms with Crippen LogP contribution in [0.1, 0.15) is 21.7 Å². The summed E-state index contributed by atoms with van der Waals surface area (Å²) in [6.45, 7) is 6.68. The van der Waals surface area contributed by atoms with E-state index < -0.39 is 0 Å². The highest BCUT2D eigenvalue weighted by atomic mass is 16.2. The monoisotopic (exact) mass is 438 g/mol. The maximum absolute atomic E-state index is 13.2. The highest BCUT2D eigenvalue weighted by Crippen LogP contribution is 2.22. The maximum Gasteiger partial charge on any atom is 0.273 e. The topological polar surface area (TPSA) is 74.2 Å². The van der Waals surface area contributed by atoms with E-state index in [1.807, 2.05) is 60.4 Å². The van der Waals surface area contributed by atoms with Gasteiger partial charge in [0, 0.05) is 55.2 Å². The SMILES string of the molecule is Cc1ccc(Nc2nc(C)cc(N3CCN(C(=O)c4nccc5ccccc45)CC3)n2)cc1. The van der Waals surface area contributed by atoms with Crippen molar-refractivity contribution in [1.29, 1.82) is 0 Å². The number of carbonyl (C=O) groups excluding carboxylic acids is 1. The number of benzene rings is 2. The summed E-state index contributed by atoms with van der Waals surface area (Å²) in [6, 6.07) is 20.0. The first-order chi connectivity index (χ1) is 16.1. The summed E-state index contributed by atoms with van der Waals surface area (Å²) in [7, 11) is 0. The molecule has 0 unspecified atom stereocenters. The Balaban J connectivity index is 1.29. The molecule has 0 radical (unpaired) electrons. The number of aromatic nitrogens is 3. The average Bonchev–Trinajstić information content (AvgIpc) is 2.84. The first-order valence-electron chi connectivity index (χ1n) is 11.1. The molecule has 0 spiro atoms. The summed E-state index contributed by atoms with van der Waals surface area (Å²) in [6.07, 6.45) is 1.71. The van der Waals surface area contributed by atoms with E-state index in [9.17, 15) is 4.79 Å². The number of hydrogen-bond donors (Lipinski definition) is 1. The summed E-state index contributed by atoms with van der Waals surface area (Å²) in [4.78, 5) is 30.9. The standard InChI is InChI=1S/C26H26N6O/c1-18-7-9-21(10-8-18)29-26-28-19(2)17-23(30-26)31-13-15-32(16-14-31)25(33)24-22-6-4-3-5-20(22)11-12-27-24/h3-12,17H,13-16H2,1-2H3,(H,28,29,30). The molecule has 0 atom stereocenters. The number of amides is 1. The summed E-state index contributed by atoms with van der Waals surface area (Å²) in [5.41, 5.74) is 3.57. The first kappa shape index (κ1) is 20.9. The second-order valence-corrected chi connectivity index (χ2v) is 8.34. The van der Waals surface area contributed by atoms with Crippen LogP contribution in [0.4, 0.5) is 17.5 Å². The predicted octanol–water partition coefficient (Wildman–Crippen LogP) is 4.35. The van der Waals surface area contributed by atoms with Gasteiger partial charge < -0.3 is 15.1 Å². The Morgan fingerprint density at radius 1 is 0.909 bits per heavy atom. The molecular weight excluding hydrogens is 412 g/mol. The number of pyridine rings is 1. The second-order valence-electron chi connectivity index (χ2n) is 8.34. The van der Waals surface area contributed by atoms with E-state index in [1.165, 1.54) is 5.56 Å². The van der Waals surface area contributed by atoms with Crippen LogP contribution in [-0.2, 0) is 0 Å². The van der Waals surface area contributed by atoms with Gasteiger partial charge in [0.25, 0.3) is 5.91 Å². The molecular formula is C26H26N6O. The number of carbonyl (C=O) groups is 1. The Hall–Kier alpha value is -4.00. The number of hydrogen-bond acceptors (Lipinski definition) is 6. The van der Waals surface area contributed by atoms with E-state index in [-0.39, 0.29) is 5.91 Å². The van der Waals surface area contributed by atoms with Gasteiger partial charge in [0.2, 0.25) is 5.95 Å². The molecule has 7 heteroatoms. The van der Waals surface area contributed by atoms with Crippen molar-refractivity contribution in [3.8, 4) is 0 Å². The highest BCUT2D eigenvalue weighted by Gasteiger charge is 2.25. The molecule has 1 aliphatic rings. The van der Waals surface area contributed by atoms with Crippen LogP contribution >= 0.6 is 0 Å². The van der Waals surface area contributed by atoms with Crippen molar-refractivity contribution in [3.63, 3.8) is 0 Å². The summed E-state index contributed by atoms with van der Waals surface area (Å²) >= 11 is 0. The van der Waals surface area contributed by atoms with E-state index in [1.54, 1.807) is 6.20 Å². The van der Waals surface area contributed by atoms with Gasteiger partial charge in [0.05, 0.1) is 0 Å². The molecule has 0 bridgehead atoms. The largest absolute Gasteiger partial charge is 0.353 e. The van der Waals surface area contributed by atoms with Crippen molar-refractivity contribution >= 4 is 34.1 Å². The third kappa shape index (κ3) is 4.48. The molecule has 2 aromatic carbocycles. The molecule has 1 amide bonds. The number of aryl methyl sites for hydroxylation is 2. The lowest BCUT2D eigenvalue weighted by molar-refractivity contribution is 0.0743. The number of nitrogens with zero attached hydrogens (tertiary/aromatic N) is 5. The molecule has 1 fully saturated rings. The Kier molecular flexibility index (Phi) is 5.60. The van der Waals surface area contributed by atoms with Crippen LogP contribution in [0.5, 0.6) is 0 Å². The number of rotatable bonds is 4. The number of piperazine rings is 1. The van der Waals surface area contributed by atoms with Crippen molar-refractivity contribution in [2.75, 3.05) is 36.4 Å². The molecule has 166 valence electrons. The van der Waals surface area contributed by atoms with Gasteiger partial charge in [0.1, 0.15) is 11.5 Å². The number of nitrogens with one attached hydrogen (secondary N) is 1. The zero-order valence-electron chi connectivity index (χ0n) is 18.8. The minimum atomic E-state index is -0.0213. The summed E-state index contributed by atoms with van der Waals surface area (Å²) < 4.78 is 0. The fraction of sp³-hybridized carbons (Fsp3) is 0.231. The van der Waals surface area contributed by atoms with Crippen molar-refractivity contribution < 1.29 is 4.79 Å². The minimum absolute atomic E-state index is 0.0213. The average molecular weight is 439 g/mol. The van der Waals surface area contributed by atoms with Crippen molar-refractivity contribution in [3.05, 3.63) is 83.8 Å². The van der Waals surface area contributed by atoms with E-state index in [0.717, 1.165) is 28.0 Å². The van der Waals surface area contributed by atoms with Crippen LogP contribution < -0.4 is 10.2 Å². The van der Waals surface area contributed by atoms with Crippen LogP contribution in [-0.4, -0.2) is 51.9 Å². The van der Waals surface area contributed by atoms with Gasteiger partial charge in [-0.25, -0.2) is 4.98 Å². The van der Waals surface area contributed by atoms with Crippen LogP contribution in [0.25, 0.3) is 10.8 Å². The predicted molar refractivity (Wildman–Crippen MR) is 131 cm³/mol. The van der Waals surface area contributed by atoms with Gasteiger partial charge >= 0.3 is 0 Å². The molecule has 0 saturated carbocycles. The molecule has 1 N–H and O–H groups in total. The van der Waals surface area contributed by atoms with Gasteiger partial charge in [0.15, 0.2) is 0 Å². The van der Waals surface area contributed by atoms with Crippen LogP contribution in [0.15, 0.2) is 66.9 Å². The molecule has 3 heterocycles. The van der Waals surface area contributed by atoms with Gasteiger partial charge in [-0.3, -0.25) is 9.78 Å². The van der Waals surface area contributed by atoms with Crippen molar-refractivity contribution in [2.24, 2.45) is 0 Å². The van der Waals surface area contributed by atoms with E-state index >= 15 is 0 Å². The van der Waals surface area contributed by atoms with Crippen LogP contribution in [0.2, 0.25) is 0 Å². The van der Waals surface area contributed by atoms with E-state index in [2.05, 4.69) is 39.2 Å². The maximum atomic E-state index is 13.2. The molecule has 1 saturated heterocycles. The molecule has 2 aromatic heterocycles. The summed E-state index contributed by atoms with van der Waals surface area (Å²) in [5.74, 6) is 1.42.